The maximum atomic E-state index is 11.4. The minimum absolute atomic E-state index is 0.225. The molecule has 0 aliphatic heterocycles. The Balaban J connectivity index is 3.75. The van der Waals surface area contributed by atoms with E-state index in [9.17, 15) is 9.59 Å². The quantitative estimate of drug-likeness (QED) is 0.493. The van der Waals surface area contributed by atoms with Gasteiger partial charge in [-0.25, -0.2) is 0 Å². The van der Waals surface area contributed by atoms with Gasteiger partial charge in [-0.1, -0.05) is 19.8 Å². The molecule has 1 atom stereocenters. The van der Waals surface area contributed by atoms with Crippen LogP contribution in [0.4, 0.5) is 0 Å². The van der Waals surface area contributed by atoms with Crippen LogP contribution in [-0.2, 0) is 19.1 Å². The summed E-state index contributed by atoms with van der Waals surface area (Å²) in [5.41, 5.74) is 0. The maximum Gasteiger partial charge on any atom is 0.307 e. The molecule has 0 saturated heterocycles. The van der Waals surface area contributed by atoms with Gasteiger partial charge < -0.3 is 9.47 Å². The molecule has 0 aliphatic rings. The molecule has 0 spiro atoms. The van der Waals surface area contributed by atoms with Gasteiger partial charge in [-0.15, -0.1) is 5.92 Å². The van der Waals surface area contributed by atoms with Gasteiger partial charge in [0.15, 0.2) is 6.10 Å². The van der Waals surface area contributed by atoms with Crippen LogP contribution in [0.1, 0.15) is 52.9 Å². The number of carbonyl (C=O) groups is 2. The zero-order chi connectivity index (χ0) is 13.8. The molecule has 18 heavy (non-hydrogen) atoms. The second-order valence-electron chi connectivity index (χ2n) is 3.86. The van der Waals surface area contributed by atoms with Crippen molar-refractivity contribution in [3.8, 4) is 11.8 Å². The molecule has 0 aromatic heterocycles. The standard InChI is InChI=1S/C14H22O4/c1-4-8-12(6-3)18-14(16)10-7-9-13(15)17-11-5-2/h12H,5-7,9-11H2,1-3H3. The fourth-order valence-electron chi connectivity index (χ4n) is 1.26. The van der Waals surface area contributed by atoms with E-state index in [1.807, 2.05) is 13.8 Å². The molecule has 0 aromatic carbocycles. The largest absolute Gasteiger partial charge is 0.466 e. The molecule has 1 unspecified atom stereocenters. The molecule has 0 bridgehead atoms. The van der Waals surface area contributed by atoms with E-state index in [-0.39, 0.29) is 30.9 Å². The van der Waals surface area contributed by atoms with Crippen LogP contribution in [0.25, 0.3) is 0 Å². The molecule has 0 aromatic rings. The van der Waals surface area contributed by atoms with Crippen LogP contribution >= 0.6 is 0 Å². The summed E-state index contributed by atoms with van der Waals surface area (Å²) in [6.07, 6.45) is 2.08. The third-order valence-corrected chi connectivity index (χ3v) is 2.18. The van der Waals surface area contributed by atoms with E-state index in [2.05, 4.69) is 11.8 Å². The number of esters is 2. The van der Waals surface area contributed by atoms with Gasteiger partial charge in [-0.3, -0.25) is 9.59 Å². The van der Waals surface area contributed by atoms with Crippen LogP contribution in [0.3, 0.4) is 0 Å². The summed E-state index contributed by atoms with van der Waals surface area (Å²) in [5.74, 6) is 4.95. The van der Waals surface area contributed by atoms with E-state index in [1.165, 1.54) is 0 Å². The maximum absolute atomic E-state index is 11.4. The van der Waals surface area contributed by atoms with Gasteiger partial charge in [0.25, 0.3) is 0 Å². The van der Waals surface area contributed by atoms with Crippen molar-refractivity contribution in [1.29, 1.82) is 0 Å². The summed E-state index contributed by atoms with van der Waals surface area (Å²) in [6, 6.07) is 0. The van der Waals surface area contributed by atoms with E-state index in [0.29, 0.717) is 19.4 Å². The lowest BCUT2D eigenvalue weighted by atomic mass is 10.2. The van der Waals surface area contributed by atoms with Crippen LogP contribution in [0.5, 0.6) is 0 Å². The molecule has 4 nitrogen and oxygen atoms in total. The average Bonchev–Trinajstić information content (AvgIpc) is 2.35. The Hall–Kier alpha value is -1.50. The Labute approximate surface area is 109 Å². The fourth-order valence-corrected chi connectivity index (χ4v) is 1.26. The molecule has 102 valence electrons. The highest BCUT2D eigenvalue weighted by atomic mass is 16.5. The second-order valence-corrected chi connectivity index (χ2v) is 3.86. The summed E-state index contributed by atoms with van der Waals surface area (Å²) >= 11 is 0. The summed E-state index contributed by atoms with van der Waals surface area (Å²) in [7, 11) is 0. The highest BCUT2D eigenvalue weighted by Crippen LogP contribution is 2.04. The van der Waals surface area contributed by atoms with Crippen LogP contribution in [0, 0.1) is 11.8 Å². The third kappa shape index (κ3) is 8.63. The normalized spacial score (nSPS) is 11.1. The monoisotopic (exact) mass is 254 g/mol. The van der Waals surface area contributed by atoms with Crippen molar-refractivity contribution in [2.75, 3.05) is 6.61 Å². The van der Waals surface area contributed by atoms with Crippen molar-refractivity contribution in [2.45, 2.75) is 59.0 Å². The summed E-state index contributed by atoms with van der Waals surface area (Å²) in [6.45, 7) is 5.99. The van der Waals surface area contributed by atoms with Gasteiger partial charge in [-0.2, -0.15) is 0 Å². The van der Waals surface area contributed by atoms with E-state index in [0.717, 1.165) is 6.42 Å². The molecule has 0 aliphatic carbocycles. The minimum atomic E-state index is -0.338. The van der Waals surface area contributed by atoms with Crippen LogP contribution in [0.15, 0.2) is 0 Å². The molecule has 4 heteroatoms. The molecule has 0 heterocycles. The molecule has 0 amide bonds. The molecule has 0 rings (SSSR count). The summed E-state index contributed by atoms with van der Waals surface area (Å²) < 4.78 is 10.0. The van der Waals surface area contributed by atoms with Crippen molar-refractivity contribution < 1.29 is 19.1 Å². The number of rotatable bonds is 8. The molecule has 0 radical (unpaired) electrons. The van der Waals surface area contributed by atoms with Gasteiger partial charge in [0.05, 0.1) is 6.61 Å². The third-order valence-electron chi connectivity index (χ3n) is 2.18. The highest BCUT2D eigenvalue weighted by molar-refractivity contribution is 5.72. The van der Waals surface area contributed by atoms with Gasteiger partial charge in [-0.05, 0) is 26.2 Å². The summed E-state index contributed by atoms with van der Waals surface area (Å²) in [5, 5.41) is 0. The predicted molar refractivity (Wildman–Crippen MR) is 68.7 cm³/mol. The van der Waals surface area contributed by atoms with Crippen molar-refractivity contribution in [3.63, 3.8) is 0 Å². The van der Waals surface area contributed by atoms with E-state index in [1.54, 1.807) is 6.92 Å². The van der Waals surface area contributed by atoms with E-state index in [4.69, 9.17) is 9.47 Å². The van der Waals surface area contributed by atoms with E-state index < -0.39 is 0 Å². The van der Waals surface area contributed by atoms with Gasteiger partial charge in [0, 0.05) is 12.8 Å². The lowest BCUT2D eigenvalue weighted by Gasteiger charge is -2.09. The first-order valence-corrected chi connectivity index (χ1v) is 6.41. The number of hydrogen-bond acceptors (Lipinski definition) is 4. The smallest absolute Gasteiger partial charge is 0.307 e. The zero-order valence-electron chi connectivity index (χ0n) is 11.5. The molecule has 0 fully saturated rings. The van der Waals surface area contributed by atoms with Crippen molar-refractivity contribution in [2.24, 2.45) is 0 Å². The zero-order valence-corrected chi connectivity index (χ0v) is 11.5. The van der Waals surface area contributed by atoms with Crippen molar-refractivity contribution in [1.82, 2.24) is 0 Å². The van der Waals surface area contributed by atoms with Crippen LogP contribution in [0.2, 0.25) is 0 Å². The number of carbonyl (C=O) groups excluding carboxylic acids is 2. The van der Waals surface area contributed by atoms with Crippen LogP contribution < -0.4 is 0 Å². The van der Waals surface area contributed by atoms with Crippen LogP contribution in [-0.4, -0.2) is 24.6 Å². The van der Waals surface area contributed by atoms with Crippen molar-refractivity contribution in [3.05, 3.63) is 0 Å². The second kappa shape index (κ2) is 10.6. The highest BCUT2D eigenvalue weighted by Gasteiger charge is 2.11. The minimum Gasteiger partial charge on any atom is -0.466 e. The molecular formula is C14H22O4. The Morgan fingerprint density at radius 2 is 1.83 bits per heavy atom. The van der Waals surface area contributed by atoms with Gasteiger partial charge in [0.1, 0.15) is 0 Å². The molecule has 0 N–H and O–H groups in total. The fraction of sp³-hybridized carbons (Fsp3) is 0.714. The Morgan fingerprint density at radius 1 is 1.17 bits per heavy atom. The molecular weight excluding hydrogens is 232 g/mol. The summed E-state index contributed by atoms with van der Waals surface area (Å²) in [4.78, 5) is 22.6. The first-order valence-electron chi connectivity index (χ1n) is 6.41. The SMILES string of the molecule is CC#CC(CC)OC(=O)CCCC(=O)OCCC. The topological polar surface area (TPSA) is 52.6 Å². The van der Waals surface area contributed by atoms with Gasteiger partial charge >= 0.3 is 11.9 Å². The van der Waals surface area contributed by atoms with E-state index >= 15 is 0 Å². The lowest BCUT2D eigenvalue weighted by Crippen LogP contribution is -2.16. The lowest BCUT2D eigenvalue weighted by molar-refractivity contribution is -0.147. The first-order chi connectivity index (χ1) is 8.63. The Kier molecular flexibility index (Phi) is 9.75. The molecule has 0 saturated carbocycles. The first kappa shape index (κ1) is 16.5. The Morgan fingerprint density at radius 3 is 2.39 bits per heavy atom. The van der Waals surface area contributed by atoms with Gasteiger partial charge in [0.2, 0.25) is 0 Å². The number of hydrogen-bond donors (Lipinski definition) is 0. The average molecular weight is 254 g/mol. The number of ether oxygens (including phenoxy) is 2. The Bertz CT molecular complexity index is 311. The predicted octanol–water partition coefficient (Wildman–Crippen LogP) is 2.46. The van der Waals surface area contributed by atoms with Crippen molar-refractivity contribution >= 4 is 11.9 Å².